The van der Waals surface area contributed by atoms with Gasteiger partial charge in [0.2, 0.25) is 5.91 Å². The molecule has 1 saturated carbocycles. The molecule has 1 amide bonds. The Balaban J connectivity index is 1.24. The second-order valence-electron chi connectivity index (χ2n) is 14.6. The SMILES string of the molecule is CCOC(=O)C(C)[C@H](C)COc1cc(CCCOC)cc(CN(C(=O)[C@@H]2CNCC[C@H]2c2ccc(OCCOc3c(Cl)cc(C)cc3Cl)cc2)C2CC2)c1. The van der Waals surface area contributed by atoms with E-state index in [9.17, 15) is 9.59 Å². The number of hydrogen-bond donors (Lipinski definition) is 1. The molecule has 1 aliphatic heterocycles. The molecule has 0 bridgehead atoms. The number of halogens is 2. The summed E-state index contributed by atoms with van der Waals surface area (Å²) in [6.07, 6.45) is 4.60. The van der Waals surface area contributed by atoms with Gasteiger partial charge in [-0.3, -0.25) is 9.59 Å². The fraction of sp³-hybridized carbons (Fsp3) is 0.535. The monoisotopic (exact) mass is 782 g/mol. The number of rotatable bonds is 20. The van der Waals surface area contributed by atoms with Gasteiger partial charge in [-0.15, -0.1) is 0 Å². The van der Waals surface area contributed by atoms with Crippen LogP contribution in [-0.4, -0.2) is 76.1 Å². The maximum absolute atomic E-state index is 14.5. The summed E-state index contributed by atoms with van der Waals surface area (Å²) in [6.45, 7) is 11.7. The Hall–Kier alpha value is -3.50. The van der Waals surface area contributed by atoms with Crippen LogP contribution in [0, 0.1) is 24.7 Å². The van der Waals surface area contributed by atoms with E-state index in [0.29, 0.717) is 61.9 Å². The summed E-state index contributed by atoms with van der Waals surface area (Å²) in [5.41, 5.74) is 4.29. The van der Waals surface area contributed by atoms with Gasteiger partial charge < -0.3 is 33.9 Å². The Morgan fingerprint density at radius 3 is 2.28 bits per heavy atom. The van der Waals surface area contributed by atoms with E-state index in [2.05, 4.69) is 40.5 Å². The summed E-state index contributed by atoms with van der Waals surface area (Å²) in [4.78, 5) is 28.9. The van der Waals surface area contributed by atoms with Gasteiger partial charge in [-0.1, -0.05) is 55.2 Å². The minimum absolute atomic E-state index is 0.0251. The number of amides is 1. The van der Waals surface area contributed by atoms with E-state index in [1.54, 1.807) is 7.11 Å². The number of esters is 1. The number of hydrogen-bond acceptors (Lipinski definition) is 8. The second-order valence-corrected chi connectivity index (χ2v) is 15.5. The molecule has 0 spiro atoms. The zero-order valence-corrected chi connectivity index (χ0v) is 33.8. The van der Waals surface area contributed by atoms with Crippen molar-refractivity contribution in [2.75, 3.05) is 53.2 Å². The number of ether oxygens (including phenoxy) is 5. The smallest absolute Gasteiger partial charge is 0.309 e. The lowest BCUT2D eigenvalue weighted by molar-refractivity contribution is -0.149. The van der Waals surface area contributed by atoms with E-state index in [0.717, 1.165) is 72.4 Å². The molecule has 1 aliphatic carbocycles. The molecule has 0 aromatic heterocycles. The molecule has 1 unspecified atom stereocenters. The van der Waals surface area contributed by atoms with Gasteiger partial charge in [-0.25, -0.2) is 0 Å². The van der Waals surface area contributed by atoms with Crippen molar-refractivity contribution in [1.82, 2.24) is 10.2 Å². The number of methoxy groups -OCH3 is 1. The molecule has 1 heterocycles. The van der Waals surface area contributed by atoms with E-state index < -0.39 is 0 Å². The average molecular weight is 784 g/mol. The third-order valence-corrected chi connectivity index (χ3v) is 10.9. The summed E-state index contributed by atoms with van der Waals surface area (Å²) in [5, 5.41) is 4.45. The second kappa shape index (κ2) is 20.4. The maximum atomic E-state index is 14.5. The van der Waals surface area contributed by atoms with Crippen LogP contribution >= 0.6 is 23.2 Å². The van der Waals surface area contributed by atoms with Gasteiger partial charge in [0.25, 0.3) is 0 Å². The van der Waals surface area contributed by atoms with Crippen LogP contribution < -0.4 is 19.5 Å². The molecular weight excluding hydrogens is 727 g/mol. The normalized spacial score (nSPS) is 18.1. The van der Waals surface area contributed by atoms with Crippen LogP contribution in [0.3, 0.4) is 0 Å². The van der Waals surface area contributed by atoms with Crippen molar-refractivity contribution in [1.29, 1.82) is 0 Å². The van der Waals surface area contributed by atoms with Crippen LogP contribution in [0.4, 0.5) is 0 Å². The van der Waals surface area contributed by atoms with Crippen LogP contribution in [0.25, 0.3) is 0 Å². The Morgan fingerprint density at radius 2 is 1.59 bits per heavy atom. The van der Waals surface area contributed by atoms with Gasteiger partial charge in [0.05, 0.1) is 35.1 Å². The van der Waals surface area contributed by atoms with Crippen molar-refractivity contribution in [3.05, 3.63) is 86.9 Å². The molecule has 4 atom stereocenters. The predicted octanol–water partition coefficient (Wildman–Crippen LogP) is 8.44. The van der Waals surface area contributed by atoms with Gasteiger partial charge in [-0.05, 0) is 117 Å². The minimum atomic E-state index is -0.276. The number of benzene rings is 3. The van der Waals surface area contributed by atoms with Crippen molar-refractivity contribution < 1.29 is 33.3 Å². The van der Waals surface area contributed by atoms with Crippen molar-refractivity contribution in [3.63, 3.8) is 0 Å². The van der Waals surface area contributed by atoms with Gasteiger partial charge in [0.15, 0.2) is 5.75 Å². The molecule has 0 radical (unpaired) electrons. The predicted molar refractivity (Wildman–Crippen MR) is 213 cm³/mol. The van der Waals surface area contributed by atoms with E-state index in [1.807, 2.05) is 52.0 Å². The van der Waals surface area contributed by atoms with Crippen LogP contribution in [0.1, 0.15) is 74.6 Å². The fourth-order valence-corrected chi connectivity index (χ4v) is 7.69. The number of carbonyl (C=O) groups is 2. The molecule has 11 heteroatoms. The average Bonchev–Trinajstić information content (AvgIpc) is 4.01. The largest absolute Gasteiger partial charge is 0.493 e. The first-order chi connectivity index (χ1) is 26.1. The number of aryl methyl sites for hydroxylation is 2. The van der Waals surface area contributed by atoms with Crippen LogP contribution in [0.5, 0.6) is 17.2 Å². The molecule has 1 saturated heterocycles. The number of nitrogens with one attached hydrogen (secondary N) is 1. The van der Waals surface area contributed by atoms with Gasteiger partial charge in [0.1, 0.15) is 24.7 Å². The fourth-order valence-electron chi connectivity index (χ4n) is 6.99. The molecule has 3 aromatic carbocycles. The highest BCUT2D eigenvalue weighted by Gasteiger charge is 2.40. The molecule has 9 nitrogen and oxygen atoms in total. The maximum Gasteiger partial charge on any atom is 0.309 e. The number of nitrogens with zero attached hydrogens (tertiary/aromatic N) is 1. The topological polar surface area (TPSA) is 95.6 Å². The molecular formula is C43H56Cl2N2O7. The first-order valence-corrected chi connectivity index (χ1v) is 20.1. The Kier molecular flexibility index (Phi) is 15.8. The van der Waals surface area contributed by atoms with E-state index in [1.165, 1.54) is 0 Å². The molecule has 54 heavy (non-hydrogen) atoms. The van der Waals surface area contributed by atoms with Crippen molar-refractivity contribution in [2.24, 2.45) is 17.8 Å². The molecule has 294 valence electrons. The highest BCUT2D eigenvalue weighted by atomic mass is 35.5. The highest BCUT2D eigenvalue weighted by Crippen LogP contribution is 2.38. The van der Waals surface area contributed by atoms with Gasteiger partial charge >= 0.3 is 5.97 Å². The Morgan fingerprint density at radius 1 is 0.889 bits per heavy atom. The quantitative estimate of drug-likeness (QED) is 0.0902. The molecule has 2 aliphatic rings. The Bertz CT molecular complexity index is 1660. The molecule has 5 rings (SSSR count). The van der Waals surface area contributed by atoms with Crippen LogP contribution in [0.2, 0.25) is 10.0 Å². The van der Waals surface area contributed by atoms with Crippen LogP contribution in [0.15, 0.2) is 54.6 Å². The van der Waals surface area contributed by atoms with Crippen molar-refractivity contribution in [2.45, 2.75) is 78.3 Å². The van der Waals surface area contributed by atoms with Gasteiger partial charge in [0, 0.05) is 38.8 Å². The summed E-state index contributed by atoms with van der Waals surface area (Å²) >= 11 is 12.6. The van der Waals surface area contributed by atoms with Crippen molar-refractivity contribution in [3.8, 4) is 17.2 Å². The molecule has 1 N–H and O–H groups in total. The van der Waals surface area contributed by atoms with Gasteiger partial charge in [-0.2, -0.15) is 0 Å². The molecule has 2 fully saturated rings. The highest BCUT2D eigenvalue weighted by molar-refractivity contribution is 6.37. The first-order valence-electron chi connectivity index (χ1n) is 19.3. The molecule has 3 aromatic rings. The lowest BCUT2D eigenvalue weighted by Crippen LogP contribution is -2.47. The zero-order valence-electron chi connectivity index (χ0n) is 32.3. The van der Waals surface area contributed by atoms with E-state index >= 15 is 0 Å². The zero-order chi connectivity index (χ0) is 38.6. The van der Waals surface area contributed by atoms with Crippen molar-refractivity contribution >= 4 is 35.1 Å². The standard InChI is InChI=1S/C43H56Cl2N2O7/c1-6-51-43(49)30(4)29(3)27-54-36-23-31(8-7-17-50-5)22-32(24-36)26-47(34-11-12-34)42(48)38-25-46-16-15-37(38)33-9-13-35(14-10-33)52-18-19-53-41-39(44)20-28(2)21-40(41)45/h9-10,13-14,20-24,29-30,34,37-38,46H,6-8,11-12,15-19,25-27H2,1-5H3/t29-,30?,37+,38-/m1/s1. The minimum Gasteiger partial charge on any atom is -0.493 e. The van der Waals surface area contributed by atoms with E-state index in [-0.39, 0.29) is 41.6 Å². The summed E-state index contributed by atoms with van der Waals surface area (Å²) in [7, 11) is 1.71. The number of carbonyl (C=O) groups excluding carboxylic acids is 2. The first kappa shape index (κ1) is 41.7. The third-order valence-electron chi connectivity index (χ3n) is 10.3. The summed E-state index contributed by atoms with van der Waals surface area (Å²) in [5.74, 6) is 1.51. The summed E-state index contributed by atoms with van der Waals surface area (Å²) < 4.78 is 28.6. The third kappa shape index (κ3) is 11.8. The lowest BCUT2D eigenvalue weighted by Gasteiger charge is -2.36. The Labute approximate surface area is 330 Å². The lowest BCUT2D eigenvalue weighted by atomic mass is 9.80. The van der Waals surface area contributed by atoms with Crippen LogP contribution in [-0.2, 0) is 32.0 Å². The summed E-state index contributed by atoms with van der Waals surface area (Å²) in [6, 6.07) is 18.3. The number of piperidine rings is 1. The van der Waals surface area contributed by atoms with E-state index in [4.69, 9.17) is 46.9 Å².